The van der Waals surface area contributed by atoms with Gasteiger partial charge < -0.3 is 15.0 Å². The maximum atomic E-state index is 5.58. The Hall–Kier alpha value is -0.490. The minimum Gasteiger partial charge on any atom is -0.379 e. The molecule has 2 heterocycles. The van der Waals surface area contributed by atoms with E-state index in [1.165, 1.54) is 4.88 Å². The van der Waals surface area contributed by atoms with Crippen molar-refractivity contribution in [3.63, 3.8) is 0 Å². The van der Waals surface area contributed by atoms with Gasteiger partial charge in [0.2, 0.25) is 0 Å². The van der Waals surface area contributed by atoms with Gasteiger partial charge in [0.05, 0.1) is 24.4 Å². The number of nitrogens with one attached hydrogen (secondary N) is 1. The largest absolute Gasteiger partial charge is 0.379 e. The molecule has 2 atom stereocenters. The standard InChI is InChI=1S/C13H23N3OS/c1-4-14-12-8-17-7-11(12)5-16(3)6-13-10(2)15-9-18-13/h9,11-12,14H,4-8H2,1-3H3. The summed E-state index contributed by atoms with van der Waals surface area (Å²) in [7, 11) is 2.18. The lowest BCUT2D eigenvalue weighted by Gasteiger charge is -2.24. The Morgan fingerprint density at radius 3 is 3.06 bits per heavy atom. The van der Waals surface area contributed by atoms with Crippen molar-refractivity contribution in [3.8, 4) is 0 Å². The number of ether oxygens (including phenoxy) is 1. The van der Waals surface area contributed by atoms with Crippen LogP contribution in [0.1, 0.15) is 17.5 Å². The Kier molecular flexibility index (Phi) is 5.12. The topological polar surface area (TPSA) is 37.4 Å². The Balaban J connectivity index is 1.83. The number of likely N-dealkylation sites (N-methyl/N-ethyl adjacent to an activating group) is 1. The number of hydrogen-bond donors (Lipinski definition) is 1. The third-order valence-corrected chi connectivity index (χ3v) is 4.39. The molecule has 2 rings (SSSR count). The lowest BCUT2D eigenvalue weighted by molar-refractivity contribution is 0.172. The summed E-state index contributed by atoms with van der Waals surface area (Å²) in [6, 6.07) is 0.514. The molecule has 1 N–H and O–H groups in total. The zero-order valence-electron chi connectivity index (χ0n) is 11.5. The van der Waals surface area contributed by atoms with E-state index < -0.39 is 0 Å². The van der Waals surface area contributed by atoms with Gasteiger partial charge in [-0.2, -0.15) is 0 Å². The second-order valence-corrected chi connectivity index (χ2v) is 5.96. The lowest BCUT2D eigenvalue weighted by atomic mass is 10.0. The fourth-order valence-electron chi connectivity index (χ4n) is 2.45. The van der Waals surface area contributed by atoms with E-state index in [4.69, 9.17) is 4.74 Å². The van der Waals surface area contributed by atoms with Crippen molar-refractivity contribution in [3.05, 3.63) is 16.1 Å². The average molecular weight is 269 g/mol. The summed E-state index contributed by atoms with van der Waals surface area (Å²) in [5, 5.41) is 3.51. The summed E-state index contributed by atoms with van der Waals surface area (Å²) >= 11 is 1.75. The molecule has 5 heteroatoms. The van der Waals surface area contributed by atoms with Gasteiger partial charge in [0.15, 0.2) is 0 Å². The van der Waals surface area contributed by atoms with Gasteiger partial charge in [0.1, 0.15) is 0 Å². The van der Waals surface area contributed by atoms with Gasteiger partial charge in [-0.1, -0.05) is 6.92 Å². The van der Waals surface area contributed by atoms with Crippen LogP contribution < -0.4 is 5.32 Å². The lowest BCUT2D eigenvalue weighted by Crippen LogP contribution is -2.40. The molecule has 4 nitrogen and oxygen atoms in total. The number of hydrogen-bond acceptors (Lipinski definition) is 5. The van der Waals surface area contributed by atoms with E-state index in [0.717, 1.165) is 38.5 Å². The van der Waals surface area contributed by atoms with Gasteiger partial charge >= 0.3 is 0 Å². The van der Waals surface area contributed by atoms with Crippen LogP contribution in [0.2, 0.25) is 0 Å². The number of rotatable bonds is 6. The molecule has 1 aliphatic heterocycles. The number of aryl methyl sites for hydroxylation is 1. The highest BCUT2D eigenvalue weighted by atomic mass is 32.1. The van der Waals surface area contributed by atoms with Crippen LogP contribution in [-0.4, -0.2) is 49.3 Å². The molecule has 0 saturated carbocycles. The molecule has 1 aromatic heterocycles. The highest BCUT2D eigenvalue weighted by Crippen LogP contribution is 2.18. The maximum absolute atomic E-state index is 5.58. The average Bonchev–Trinajstić information content (AvgIpc) is 2.91. The molecule has 0 spiro atoms. The van der Waals surface area contributed by atoms with Gasteiger partial charge in [0, 0.05) is 29.9 Å². The quantitative estimate of drug-likeness (QED) is 0.849. The first-order valence-electron chi connectivity index (χ1n) is 6.59. The van der Waals surface area contributed by atoms with E-state index in [-0.39, 0.29) is 0 Å². The molecular weight excluding hydrogens is 246 g/mol. The summed E-state index contributed by atoms with van der Waals surface area (Å²) in [6.45, 7) is 9.05. The molecule has 1 aromatic rings. The van der Waals surface area contributed by atoms with Crippen molar-refractivity contribution in [2.45, 2.75) is 26.4 Å². The molecule has 0 amide bonds. The first-order valence-corrected chi connectivity index (χ1v) is 7.47. The molecular formula is C13H23N3OS. The van der Waals surface area contributed by atoms with Gasteiger partial charge in [-0.3, -0.25) is 0 Å². The van der Waals surface area contributed by atoms with Crippen molar-refractivity contribution in [2.24, 2.45) is 5.92 Å². The first-order chi connectivity index (χ1) is 8.70. The summed E-state index contributed by atoms with van der Waals surface area (Å²) in [6.07, 6.45) is 0. The van der Waals surface area contributed by atoms with E-state index in [9.17, 15) is 0 Å². The molecule has 0 bridgehead atoms. The van der Waals surface area contributed by atoms with Crippen LogP contribution in [0.15, 0.2) is 5.51 Å². The van der Waals surface area contributed by atoms with Crippen molar-refractivity contribution in [1.82, 2.24) is 15.2 Å². The zero-order chi connectivity index (χ0) is 13.0. The molecule has 18 heavy (non-hydrogen) atoms. The molecule has 1 fully saturated rings. The van der Waals surface area contributed by atoms with E-state index in [1.54, 1.807) is 11.3 Å². The van der Waals surface area contributed by atoms with Crippen LogP contribution in [0, 0.1) is 12.8 Å². The van der Waals surface area contributed by atoms with Crippen LogP contribution in [-0.2, 0) is 11.3 Å². The number of nitrogens with zero attached hydrogens (tertiary/aromatic N) is 2. The Morgan fingerprint density at radius 2 is 2.39 bits per heavy atom. The van der Waals surface area contributed by atoms with Crippen LogP contribution in [0.5, 0.6) is 0 Å². The van der Waals surface area contributed by atoms with Crippen molar-refractivity contribution in [1.29, 1.82) is 0 Å². The highest BCUT2D eigenvalue weighted by molar-refractivity contribution is 7.09. The van der Waals surface area contributed by atoms with Crippen LogP contribution in [0.4, 0.5) is 0 Å². The monoisotopic (exact) mass is 269 g/mol. The van der Waals surface area contributed by atoms with Crippen LogP contribution in [0.25, 0.3) is 0 Å². The molecule has 1 aliphatic rings. The van der Waals surface area contributed by atoms with Crippen LogP contribution in [0.3, 0.4) is 0 Å². The Morgan fingerprint density at radius 1 is 1.56 bits per heavy atom. The Labute approximate surface area is 113 Å². The number of aromatic nitrogens is 1. The number of thiazole rings is 1. The molecule has 0 aliphatic carbocycles. The van der Waals surface area contributed by atoms with Gasteiger partial charge in [-0.05, 0) is 20.5 Å². The van der Waals surface area contributed by atoms with E-state index in [1.807, 2.05) is 5.51 Å². The van der Waals surface area contributed by atoms with E-state index in [0.29, 0.717) is 12.0 Å². The smallest absolute Gasteiger partial charge is 0.0798 e. The molecule has 2 unspecified atom stereocenters. The SMILES string of the molecule is CCNC1COCC1CN(C)Cc1scnc1C. The second kappa shape index (κ2) is 6.61. The van der Waals surface area contributed by atoms with E-state index >= 15 is 0 Å². The molecule has 0 radical (unpaired) electrons. The predicted molar refractivity (Wildman–Crippen MR) is 75.0 cm³/mol. The summed E-state index contributed by atoms with van der Waals surface area (Å²) in [4.78, 5) is 8.05. The fourth-order valence-corrected chi connectivity index (χ4v) is 3.31. The minimum absolute atomic E-state index is 0.514. The minimum atomic E-state index is 0.514. The first kappa shape index (κ1) is 13.9. The summed E-state index contributed by atoms with van der Waals surface area (Å²) in [5.74, 6) is 0.600. The van der Waals surface area contributed by atoms with Crippen molar-refractivity contribution in [2.75, 3.05) is 33.4 Å². The second-order valence-electron chi connectivity index (χ2n) is 5.02. The van der Waals surface area contributed by atoms with Gasteiger partial charge in [-0.15, -0.1) is 11.3 Å². The van der Waals surface area contributed by atoms with Gasteiger partial charge in [0.25, 0.3) is 0 Å². The third-order valence-electron chi connectivity index (χ3n) is 3.47. The fraction of sp³-hybridized carbons (Fsp3) is 0.769. The van der Waals surface area contributed by atoms with Crippen molar-refractivity contribution >= 4 is 11.3 Å². The van der Waals surface area contributed by atoms with E-state index in [2.05, 4.69) is 36.1 Å². The maximum Gasteiger partial charge on any atom is 0.0798 e. The normalized spacial score (nSPS) is 24.0. The highest BCUT2D eigenvalue weighted by Gasteiger charge is 2.28. The van der Waals surface area contributed by atoms with Crippen molar-refractivity contribution < 1.29 is 4.74 Å². The summed E-state index contributed by atoms with van der Waals surface area (Å²) in [5.41, 5.74) is 3.09. The molecule has 0 aromatic carbocycles. The van der Waals surface area contributed by atoms with Crippen LogP contribution >= 0.6 is 11.3 Å². The Bertz CT molecular complexity index is 369. The predicted octanol–water partition coefficient (Wildman–Crippen LogP) is 1.51. The van der Waals surface area contributed by atoms with Gasteiger partial charge in [-0.25, -0.2) is 4.98 Å². The zero-order valence-corrected chi connectivity index (χ0v) is 12.3. The summed E-state index contributed by atoms with van der Waals surface area (Å²) < 4.78 is 5.58. The molecule has 1 saturated heterocycles. The molecule has 102 valence electrons. The third kappa shape index (κ3) is 3.51.